The van der Waals surface area contributed by atoms with Crippen LogP contribution in [-0.4, -0.2) is 16.9 Å². The van der Waals surface area contributed by atoms with E-state index in [1.807, 2.05) is 33.0 Å². The van der Waals surface area contributed by atoms with Crippen LogP contribution in [0, 0.1) is 13.8 Å². The van der Waals surface area contributed by atoms with Crippen molar-refractivity contribution < 1.29 is 4.74 Å². The van der Waals surface area contributed by atoms with Crippen LogP contribution in [0.3, 0.4) is 0 Å². The second kappa shape index (κ2) is 6.47. The minimum Gasteiger partial charge on any atom is -0.496 e. The topological polar surface area (TPSA) is 65.1 Å². The Morgan fingerprint density at radius 2 is 2.14 bits per heavy atom. The molecule has 2 aromatic rings. The molecule has 5 nitrogen and oxygen atoms in total. The van der Waals surface area contributed by atoms with Gasteiger partial charge in [0, 0.05) is 19.0 Å². The molecule has 0 fully saturated rings. The zero-order chi connectivity index (χ0) is 15.6. The van der Waals surface area contributed by atoms with Gasteiger partial charge in [-0.1, -0.05) is 29.3 Å². The SMILES string of the molecule is COc1ccc(C)cc1C(Cc1c(Cl)c(C)nn1C)NN. The Morgan fingerprint density at radius 3 is 2.67 bits per heavy atom. The van der Waals surface area contributed by atoms with Crippen molar-refractivity contribution in [1.29, 1.82) is 0 Å². The molecule has 1 aromatic heterocycles. The monoisotopic (exact) mass is 308 g/mol. The quantitative estimate of drug-likeness (QED) is 0.658. The Balaban J connectivity index is 2.38. The normalized spacial score (nSPS) is 12.5. The molecule has 0 bridgehead atoms. The van der Waals surface area contributed by atoms with E-state index < -0.39 is 0 Å². The number of hydrazine groups is 1. The highest BCUT2D eigenvalue weighted by molar-refractivity contribution is 6.31. The number of halogens is 1. The highest BCUT2D eigenvalue weighted by Gasteiger charge is 2.20. The number of hydrogen-bond acceptors (Lipinski definition) is 4. The van der Waals surface area contributed by atoms with Crippen molar-refractivity contribution in [2.75, 3.05) is 7.11 Å². The molecule has 0 aliphatic heterocycles. The van der Waals surface area contributed by atoms with Crippen LogP contribution in [0.5, 0.6) is 5.75 Å². The standard InChI is InChI=1S/C15H21ClN4O/c1-9-5-6-14(21-4)11(7-9)12(18-17)8-13-15(16)10(2)19-20(13)3/h5-7,12,18H,8,17H2,1-4H3. The summed E-state index contributed by atoms with van der Waals surface area (Å²) in [4.78, 5) is 0. The predicted octanol–water partition coefficient (Wildman–Crippen LogP) is 2.45. The van der Waals surface area contributed by atoms with Crippen LogP contribution in [0.25, 0.3) is 0 Å². The van der Waals surface area contributed by atoms with Crippen molar-refractivity contribution in [3.8, 4) is 5.75 Å². The third kappa shape index (κ3) is 3.20. The lowest BCUT2D eigenvalue weighted by Gasteiger charge is -2.20. The van der Waals surface area contributed by atoms with Gasteiger partial charge >= 0.3 is 0 Å². The van der Waals surface area contributed by atoms with Crippen LogP contribution in [0.4, 0.5) is 0 Å². The number of aromatic nitrogens is 2. The van der Waals surface area contributed by atoms with E-state index in [1.165, 1.54) is 0 Å². The Labute approximate surface area is 130 Å². The van der Waals surface area contributed by atoms with E-state index in [-0.39, 0.29) is 6.04 Å². The average molecular weight is 309 g/mol. The summed E-state index contributed by atoms with van der Waals surface area (Å²) in [6.07, 6.45) is 0.631. The number of aryl methyl sites for hydroxylation is 3. The molecule has 1 atom stereocenters. The van der Waals surface area contributed by atoms with Crippen LogP contribution >= 0.6 is 11.6 Å². The van der Waals surface area contributed by atoms with E-state index in [0.717, 1.165) is 28.3 Å². The van der Waals surface area contributed by atoms with Crippen molar-refractivity contribution in [1.82, 2.24) is 15.2 Å². The summed E-state index contributed by atoms with van der Waals surface area (Å²) in [6.45, 7) is 3.93. The summed E-state index contributed by atoms with van der Waals surface area (Å²) in [6, 6.07) is 5.93. The molecule has 0 radical (unpaired) electrons. The van der Waals surface area contributed by atoms with Gasteiger partial charge in [-0.25, -0.2) is 0 Å². The summed E-state index contributed by atoms with van der Waals surface area (Å²) in [5, 5.41) is 5.02. The van der Waals surface area contributed by atoms with Gasteiger partial charge in [0.15, 0.2) is 0 Å². The van der Waals surface area contributed by atoms with Gasteiger partial charge in [0.05, 0.1) is 29.6 Å². The minimum absolute atomic E-state index is 0.104. The molecular formula is C15H21ClN4O. The Bertz CT molecular complexity index is 639. The molecule has 0 aliphatic rings. The second-order valence-electron chi connectivity index (χ2n) is 5.14. The summed E-state index contributed by atoms with van der Waals surface area (Å²) in [5.74, 6) is 6.56. The van der Waals surface area contributed by atoms with Crippen molar-refractivity contribution in [2.24, 2.45) is 12.9 Å². The molecular weight excluding hydrogens is 288 g/mol. The van der Waals surface area contributed by atoms with Crippen LogP contribution in [0.15, 0.2) is 18.2 Å². The summed E-state index contributed by atoms with van der Waals surface area (Å²) >= 11 is 6.32. The summed E-state index contributed by atoms with van der Waals surface area (Å²) in [7, 11) is 3.54. The fraction of sp³-hybridized carbons (Fsp3) is 0.400. The predicted molar refractivity (Wildman–Crippen MR) is 84.5 cm³/mol. The van der Waals surface area contributed by atoms with Crippen molar-refractivity contribution in [3.05, 3.63) is 45.7 Å². The summed E-state index contributed by atoms with van der Waals surface area (Å²) < 4.78 is 7.23. The van der Waals surface area contributed by atoms with Crippen molar-refractivity contribution >= 4 is 11.6 Å². The van der Waals surface area contributed by atoms with Gasteiger partial charge in [-0.05, 0) is 19.9 Å². The van der Waals surface area contributed by atoms with E-state index in [0.29, 0.717) is 11.4 Å². The van der Waals surface area contributed by atoms with Gasteiger partial charge in [0.2, 0.25) is 0 Å². The van der Waals surface area contributed by atoms with Crippen molar-refractivity contribution in [3.63, 3.8) is 0 Å². The molecule has 6 heteroatoms. The van der Waals surface area contributed by atoms with Gasteiger partial charge in [-0.3, -0.25) is 16.0 Å². The maximum Gasteiger partial charge on any atom is 0.123 e. The fourth-order valence-corrected chi connectivity index (χ4v) is 2.72. The Morgan fingerprint density at radius 1 is 1.43 bits per heavy atom. The second-order valence-corrected chi connectivity index (χ2v) is 5.52. The lowest BCUT2D eigenvalue weighted by Crippen LogP contribution is -2.30. The molecule has 21 heavy (non-hydrogen) atoms. The number of nitrogens with one attached hydrogen (secondary N) is 1. The zero-order valence-corrected chi connectivity index (χ0v) is 13.5. The molecule has 0 aliphatic carbocycles. The third-order valence-corrected chi connectivity index (χ3v) is 4.11. The summed E-state index contributed by atoms with van der Waals surface area (Å²) in [5.41, 5.74) is 6.78. The van der Waals surface area contributed by atoms with E-state index in [4.69, 9.17) is 22.2 Å². The highest BCUT2D eigenvalue weighted by atomic mass is 35.5. The molecule has 2 rings (SSSR count). The first kappa shape index (κ1) is 15.8. The van der Waals surface area contributed by atoms with Crippen molar-refractivity contribution in [2.45, 2.75) is 26.3 Å². The number of benzene rings is 1. The molecule has 0 saturated heterocycles. The first-order valence-corrected chi connectivity index (χ1v) is 7.14. The molecule has 1 aromatic carbocycles. The maximum absolute atomic E-state index is 6.32. The molecule has 1 unspecified atom stereocenters. The molecule has 0 saturated carbocycles. The first-order valence-electron chi connectivity index (χ1n) is 6.76. The van der Waals surface area contributed by atoms with E-state index in [1.54, 1.807) is 11.8 Å². The van der Waals surface area contributed by atoms with Crippen LogP contribution in [0.1, 0.15) is 28.6 Å². The number of ether oxygens (including phenoxy) is 1. The number of nitrogens with two attached hydrogens (primary N) is 1. The lowest BCUT2D eigenvalue weighted by atomic mass is 9.99. The molecule has 0 amide bonds. The first-order chi connectivity index (χ1) is 9.97. The van der Waals surface area contributed by atoms with Gasteiger partial charge in [0.1, 0.15) is 5.75 Å². The molecule has 114 valence electrons. The van der Waals surface area contributed by atoms with Gasteiger partial charge in [0.25, 0.3) is 0 Å². The third-order valence-electron chi connectivity index (χ3n) is 3.62. The number of methoxy groups -OCH3 is 1. The van der Waals surface area contributed by atoms with Crippen LogP contribution in [-0.2, 0) is 13.5 Å². The smallest absolute Gasteiger partial charge is 0.123 e. The molecule has 3 N–H and O–H groups in total. The lowest BCUT2D eigenvalue weighted by molar-refractivity contribution is 0.398. The van der Waals surface area contributed by atoms with Crippen LogP contribution in [0.2, 0.25) is 5.02 Å². The fourth-order valence-electron chi connectivity index (χ4n) is 2.48. The number of nitrogens with zero attached hydrogens (tertiary/aromatic N) is 2. The zero-order valence-electron chi connectivity index (χ0n) is 12.8. The minimum atomic E-state index is -0.104. The molecule has 0 spiro atoms. The maximum atomic E-state index is 6.32. The van der Waals surface area contributed by atoms with Gasteiger partial charge in [-0.2, -0.15) is 5.10 Å². The molecule has 1 heterocycles. The number of rotatable bonds is 5. The largest absolute Gasteiger partial charge is 0.496 e. The average Bonchev–Trinajstić information content (AvgIpc) is 2.70. The highest BCUT2D eigenvalue weighted by Crippen LogP contribution is 2.30. The Hall–Kier alpha value is -1.56. The van der Waals surface area contributed by atoms with E-state index in [2.05, 4.69) is 16.6 Å². The van der Waals surface area contributed by atoms with E-state index >= 15 is 0 Å². The van der Waals surface area contributed by atoms with Gasteiger partial charge < -0.3 is 4.74 Å². The van der Waals surface area contributed by atoms with E-state index in [9.17, 15) is 0 Å². The Kier molecular flexibility index (Phi) is 4.88. The van der Waals surface area contributed by atoms with Gasteiger partial charge in [-0.15, -0.1) is 0 Å². The van der Waals surface area contributed by atoms with Crippen LogP contribution < -0.4 is 16.0 Å². The number of hydrogen-bond donors (Lipinski definition) is 2.